The Morgan fingerprint density at radius 2 is 1.37 bits per heavy atom. The fourth-order valence-electron chi connectivity index (χ4n) is 5.23. The fraction of sp³-hybridized carbons (Fsp3) is 0.316. The van der Waals surface area contributed by atoms with Crippen molar-refractivity contribution in [3.63, 3.8) is 0 Å². The minimum Gasteiger partial charge on any atom is -0.354 e. The van der Waals surface area contributed by atoms with E-state index in [9.17, 15) is 18.0 Å². The highest BCUT2D eigenvalue weighted by Crippen LogP contribution is 2.27. The fourth-order valence-corrected chi connectivity index (χ4v) is 6.65. The number of carbonyl (C=O) groups excluding carboxylic acids is 2. The van der Waals surface area contributed by atoms with E-state index < -0.39 is 28.5 Å². The summed E-state index contributed by atoms with van der Waals surface area (Å²) in [4.78, 5) is 30.0. The van der Waals surface area contributed by atoms with Crippen LogP contribution in [0.2, 0.25) is 0 Å². The number of hydrogen-bond acceptors (Lipinski definition) is 4. The molecular formula is C38H45N3O4S. The zero-order valence-corrected chi connectivity index (χ0v) is 28.0. The molecule has 0 heterocycles. The third-order valence-electron chi connectivity index (χ3n) is 8.03. The van der Waals surface area contributed by atoms with Crippen molar-refractivity contribution in [1.29, 1.82) is 0 Å². The van der Waals surface area contributed by atoms with E-state index in [-0.39, 0.29) is 29.7 Å². The predicted octanol–water partition coefficient (Wildman–Crippen LogP) is 6.87. The summed E-state index contributed by atoms with van der Waals surface area (Å²) < 4.78 is 29.6. The summed E-state index contributed by atoms with van der Waals surface area (Å²) in [7, 11) is -4.14. The third-order valence-corrected chi connectivity index (χ3v) is 9.82. The number of carbonyl (C=O) groups is 2. The number of benzene rings is 4. The van der Waals surface area contributed by atoms with E-state index >= 15 is 0 Å². The second-order valence-corrected chi connectivity index (χ2v) is 13.8. The van der Waals surface area contributed by atoms with E-state index in [1.54, 1.807) is 36.4 Å². The van der Waals surface area contributed by atoms with Gasteiger partial charge >= 0.3 is 0 Å². The Balaban J connectivity index is 1.78. The molecule has 8 heteroatoms. The average molecular weight is 640 g/mol. The van der Waals surface area contributed by atoms with Crippen LogP contribution in [0.1, 0.15) is 61.8 Å². The molecule has 0 radical (unpaired) electrons. The lowest BCUT2D eigenvalue weighted by Crippen LogP contribution is -2.53. The van der Waals surface area contributed by atoms with Crippen LogP contribution < -0.4 is 9.62 Å². The first-order valence-electron chi connectivity index (χ1n) is 15.9. The van der Waals surface area contributed by atoms with Crippen LogP contribution in [-0.4, -0.2) is 44.3 Å². The topological polar surface area (TPSA) is 86.8 Å². The van der Waals surface area contributed by atoms with Gasteiger partial charge in [-0.3, -0.25) is 13.9 Å². The molecule has 0 saturated carbocycles. The van der Waals surface area contributed by atoms with Gasteiger partial charge in [0.15, 0.2) is 0 Å². The van der Waals surface area contributed by atoms with Gasteiger partial charge in [0.05, 0.1) is 10.6 Å². The zero-order valence-electron chi connectivity index (χ0n) is 27.2. The van der Waals surface area contributed by atoms with E-state index in [2.05, 4.69) is 26.1 Å². The molecule has 4 aromatic rings. The highest BCUT2D eigenvalue weighted by molar-refractivity contribution is 7.92. The van der Waals surface area contributed by atoms with Crippen molar-refractivity contribution in [2.24, 2.45) is 0 Å². The van der Waals surface area contributed by atoms with Gasteiger partial charge in [-0.25, -0.2) is 8.42 Å². The molecule has 0 aliphatic carbocycles. The number of hydrogen-bond donors (Lipinski definition) is 1. The first-order chi connectivity index (χ1) is 22.1. The largest absolute Gasteiger partial charge is 0.354 e. The molecule has 0 bridgehead atoms. The molecule has 46 heavy (non-hydrogen) atoms. The average Bonchev–Trinajstić information content (AvgIpc) is 3.06. The third kappa shape index (κ3) is 9.07. The molecule has 1 N–H and O–H groups in total. The van der Waals surface area contributed by atoms with Gasteiger partial charge in [-0.05, 0) is 60.2 Å². The lowest BCUT2D eigenvalue weighted by Gasteiger charge is -2.34. The van der Waals surface area contributed by atoms with E-state index in [1.807, 2.05) is 79.7 Å². The van der Waals surface area contributed by atoms with Crippen molar-refractivity contribution in [2.45, 2.75) is 70.4 Å². The first-order valence-corrected chi connectivity index (χ1v) is 17.4. The summed E-state index contributed by atoms with van der Waals surface area (Å²) in [6.07, 6.45) is 2.01. The Kier molecular flexibility index (Phi) is 12.1. The van der Waals surface area contributed by atoms with Crippen LogP contribution >= 0.6 is 0 Å². The molecule has 0 spiro atoms. The Bertz CT molecular complexity index is 1660. The molecule has 4 rings (SSSR count). The number of rotatable bonds is 15. The van der Waals surface area contributed by atoms with Crippen molar-refractivity contribution in [1.82, 2.24) is 10.2 Å². The van der Waals surface area contributed by atoms with Crippen molar-refractivity contribution in [3.8, 4) is 0 Å². The normalized spacial score (nSPS) is 12.0. The van der Waals surface area contributed by atoms with E-state index in [0.717, 1.165) is 39.4 Å². The maximum Gasteiger partial charge on any atom is 0.264 e. The minimum absolute atomic E-state index is 0.0894. The van der Waals surface area contributed by atoms with Gasteiger partial charge in [0, 0.05) is 19.5 Å². The molecule has 2 amide bonds. The zero-order chi connectivity index (χ0) is 33.1. The lowest BCUT2D eigenvalue weighted by molar-refractivity contribution is -0.140. The Morgan fingerprint density at radius 3 is 1.93 bits per heavy atom. The van der Waals surface area contributed by atoms with Crippen LogP contribution in [0.15, 0.2) is 114 Å². The molecule has 0 aromatic heterocycles. The smallest absolute Gasteiger partial charge is 0.264 e. The van der Waals surface area contributed by atoms with Crippen LogP contribution in [0, 0.1) is 6.92 Å². The summed E-state index contributed by atoms with van der Waals surface area (Å²) in [5.74, 6) is -0.487. The SMILES string of the molecule is CCCCNC(=O)[C@H](Cc1ccccc1)N(Cc1ccccc1)C(=O)CN(c1ccc(C(C)C)cc1)S(=O)(=O)c1ccc(C)cc1. The van der Waals surface area contributed by atoms with Gasteiger partial charge in [-0.2, -0.15) is 0 Å². The van der Waals surface area contributed by atoms with E-state index in [0.29, 0.717) is 12.2 Å². The van der Waals surface area contributed by atoms with E-state index in [4.69, 9.17) is 0 Å². The van der Waals surface area contributed by atoms with Crippen molar-refractivity contribution >= 4 is 27.5 Å². The molecule has 0 unspecified atom stereocenters. The molecule has 4 aromatic carbocycles. The predicted molar refractivity (Wildman–Crippen MR) is 185 cm³/mol. The molecule has 0 aliphatic heterocycles. The Hall–Kier alpha value is -4.43. The maximum absolute atomic E-state index is 14.5. The van der Waals surface area contributed by atoms with Crippen molar-refractivity contribution < 1.29 is 18.0 Å². The summed E-state index contributed by atoms with van der Waals surface area (Å²) in [5, 5.41) is 3.02. The second-order valence-electron chi connectivity index (χ2n) is 11.9. The lowest BCUT2D eigenvalue weighted by atomic mass is 10.0. The Morgan fingerprint density at radius 1 is 0.783 bits per heavy atom. The molecule has 0 aliphatic rings. The van der Waals surface area contributed by atoms with Gasteiger partial charge in [-0.1, -0.05) is 118 Å². The van der Waals surface area contributed by atoms with Gasteiger partial charge in [-0.15, -0.1) is 0 Å². The quantitative estimate of drug-likeness (QED) is 0.144. The maximum atomic E-state index is 14.5. The molecule has 7 nitrogen and oxygen atoms in total. The van der Waals surface area contributed by atoms with Crippen molar-refractivity contribution in [2.75, 3.05) is 17.4 Å². The van der Waals surface area contributed by atoms with Crippen LogP contribution in [0.3, 0.4) is 0 Å². The van der Waals surface area contributed by atoms with Crippen LogP contribution in [-0.2, 0) is 32.6 Å². The van der Waals surface area contributed by atoms with E-state index in [1.165, 1.54) is 4.90 Å². The first kappa shape index (κ1) is 34.4. The number of aryl methyl sites for hydroxylation is 1. The van der Waals surface area contributed by atoms with Crippen molar-refractivity contribution in [3.05, 3.63) is 131 Å². The number of nitrogens with one attached hydrogen (secondary N) is 1. The number of sulfonamides is 1. The van der Waals surface area contributed by atoms with Crippen LogP contribution in [0.5, 0.6) is 0 Å². The van der Waals surface area contributed by atoms with Gasteiger partial charge in [0.1, 0.15) is 12.6 Å². The monoisotopic (exact) mass is 639 g/mol. The number of unbranched alkanes of at least 4 members (excludes halogenated alkanes) is 1. The number of anilines is 1. The van der Waals surface area contributed by atoms with Gasteiger partial charge in [0.2, 0.25) is 11.8 Å². The summed E-state index contributed by atoms with van der Waals surface area (Å²) in [6.45, 7) is 8.24. The second kappa shape index (κ2) is 16.2. The highest BCUT2D eigenvalue weighted by Gasteiger charge is 2.34. The molecule has 0 fully saturated rings. The molecular weight excluding hydrogens is 595 g/mol. The molecule has 1 atom stereocenters. The standard InChI is InChI=1S/C38H45N3O4S/c1-5-6-25-39-38(43)36(26-31-13-9-7-10-14-31)40(27-32-15-11-8-12-16-32)37(42)28-41(34-21-19-33(20-22-34)29(2)3)46(44,45)35-23-17-30(4)18-24-35/h7-24,29,36H,5-6,25-28H2,1-4H3,(H,39,43)/t36-/m0/s1. The van der Waals surface area contributed by atoms with Gasteiger partial charge < -0.3 is 10.2 Å². The molecule has 0 saturated heterocycles. The minimum atomic E-state index is -4.14. The number of amides is 2. The van der Waals surface area contributed by atoms with Crippen LogP contribution in [0.25, 0.3) is 0 Å². The Labute approximate surface area is 274 Å². The molecule has 242 valence electrons. The van der Waals surface area contributed by atoms with Crippen LogP contribution in [0.4, 0.5) is 5.69 Å². The number of nitrogens with zero attached hydrogens (tertiary/aromatic N) is 2. The van der Waals surface area contributed by atoms with Gasteiger partial charge in [0.25, 0.3) is 10.0 Å². The summed E-state index contributed by atoms with van der Waals surface area (Å²) in [5.41, 5.74) is 4.10. The summed E-state index contributed by atoms with van der Waals surface area (Å²) >= 11 is 0. The highest BCUT2D eigenvalue weighted by atomic mass is 32.2. The summed E-state index contributed by atoms with van der Waals surface area (Å²) in [6, 6.07) is 32.1.